The fourth-order valence-corrected chi connectivity index (χ4v) is 2.50. The van der Waals surface area contributed by atoms with Gasteiger partial charge in [-0.3, -0.25) is 4.99 Å². The Morgan fingerprint density at radius 3 is 2.88 bits per heavy atom. The number of benzene rings is 1. The van der Waals surface area contributed by atoms with Crippen LogP contribution in [0, 0.1) is 5.82 Å². The van der Waals surface area contributed by atoms with Crippen LogP contribution in [0.5, 0.6) is 0 Å². The summed E-state index contributed by atoms with van der Waals surface area (Å²) in [4.78, 5) is 4.16. The summed E-state index contributed by atoms with van der Waals surface area (Å²) in [5.74, 6) is 1.36. The van der Waals surface area contributed by atoms with E-state index in [1.54, 1.807) is 19.4 Å². The van der Waals surface area contributed by atoms with E-state index in [0.717, 1.165) is 28.8 Å². The van der Waals surface area contributed by atoms with Crippen molar-refractivity contribution < 1.29 is 4.39 Å². The summed E-state index contributed by atoms with van der Waals surface area (Å²) in [5.41, 5.74) is 0.833. The van der Waals surface area contributed by atoms with Gasteiger partial charge in [0.15, 0.2) is 5.96 Å². The molecule has 0 aliphatic carbocycles. The van der Waals surface area contributed by atoms with E-state index in [1.165, 1.54) is 12.1 Å². The molecule has 0 fully saturated rings. The van der Waals surface area contributed by atoms with Crippen molar-refractivity contribution >= 4 is 45.9 Å². The summed E-state index contributed by atoms with van der Waals surface area (Å²) in [5, 5.41) is 14.3. The molecule has 0 radical (unpaired) electrons. The number of rotatable bonds is 6. The van der Waals surface area contributed by atoms with Gasteiger partial charge in [-0.1, -0.05) is 22.9 Å². The van der Waals surface area contributed by atoms with Crippen LogP contribution in [0.2, 0.25) is 0 Å². The SMILES string of the molecule is CCc1nncn1CCNC(=NC)NCc1cc(F)ccc1Br.I. The summed E-state index contributed by atoms with van der Waals surface area (Å²) in [6, 6.07) is 4.61. The lowest BCUT2D eigenvalue weighted by Gasteiger charge is -2.13. The topological polar surface area (TPSA) is 67.1 Å². The average Bonchev–Trinajstić information content (AvgIpc) is 3.01. The first-order chi connectivity index (χ1) is 11.1. The van der Waals surface area contributed by atoms with Crippen molar-refractivity contribution in [2.24, 2.45) is 4.99 Å². The molecule has 9 heteroatoms. The lowest BCUT2D eigenvalue weighted by Crippen LogP contribution is -2.38. The number of guanidine groups is 1. The Balaban J connectivity index is 0.00000288. The normalized spacial score (nSPS) is 11.1. The lowest BCUT2D eigenvalue weighted by atomic mass is 10.2. The number of nitrogens with one attached hydrogen (secondary N) is 2. The van der Waals surface area contributed by atoms with Gasteiger partial charge in [0.2, 0.25) is 0 Å². The molecule has 0 aliphatic heterocycles. The van der Waals surface area contributed by atoms with Crippen LogP contribution in [0.25, 0.3) is 0 Å². The zero-order valence-electron chi connectivity index (χ0n) is 13.6. The maximum atomic E-state index is 13.3. The van der Waals surface area contributed by atoms with Gasteiger partial charge in [0, 0.05) is 37.6 Å². The second-order valence-electron chi connectivity index (χ2n) is 4.88. The molecule has 6 nitrogen and oxygen atoms in total. The molecule has 0 saturated heterocycles. The summed E-state index contributed by atoms with van der Waals surface area (Å²) in [6.07, 6.45) is 2.57. The number of hydrogen-bond acceptors (Lipinski definition) is 3. The van der Waals surface area contributed by atoms with Gasteiger partial charge in [-0.2, -0.15) is 0 Å². The van der Waals surface area contributed by atoms with E-state index < -0.39 is 0 Å². The van der Waals surface area contributed by atoms with Gasteiger partial charge in [-0.25, -0.2) is 4.39 Å². The lowest BCUT2D eigenvalue weighted by molar-refractivity contribution is 0.622. The highest BCUT2D eigenvalue weighted by molar-refractivity contribution is 14.0. The molecular weight excluding hydrogens is 490 g/mol. The highest BCUT2D eigenvalue weighted by Crippen LogP contribution is 2.17. The van der Waals surface area contributed by atoms with E-state index in [1.807, 2.05) is 11.5 Å². The van der Waals surface area contributed by atoms with Crippen molar-refractivity contribution in [3.05, 3.63) is 46.2 Å². The van der Waals surface area contributed by atoms with Crippen LogP contribution in [0.4, 0.5) is 4.39 Å². The Labute approximate surface area is 166 Å². The van der Waals surface area contributed by atoms with E-state index in [4.69, 9.17) is 0 Å². The van der Waals surface area contributed by atoms with E-state index in [-0.39, 0.29) is 29.8 Å². The third kappa shape index (κ3) is 6.00. The van der Waals surface area contributed by atoms with Crippen LogP contribution in [0.15, 0.2) is 34.0 Å². The van der Waals surface area contributed by atoms with Crippen LogP contribution in [0.3, 0.4) is 0 Å². The van der Waals surface area contributed by atoms with Crippen molar-refractivity contribution in [3.8, 4) is 0 Å². The zero-order chi connectivity index (χ0) is 16.7. The minimum absolute atomic E-state index is 0. The van der Waals surface area contributed by atoms with Crippen molar-refractivity contribution in [2.75, 3.05) is 13.6 Å². The molecule has 2 rings (SSSR count). The second-order valence-corrected chi connectivity index (χ2v) is 5.74. The summed E-state index contributed by atoms with van der Waals surface area (Å²) >= 11 is 3.41. The highest BCUT2D eigenvalue weighted by atomic mass is 127. The quantitative estimate of drug-likeness (QED) is 0.356. The molecule has 0 spiro atoms. The molecule has 1 heterocycles. The van der Waals surface area contributed by atoms with Gasteiger partial charge in [-0.05, 0) is 23.8 Å². The second kappa shape index (κ2) is 10.6. The van der Waals surface area contributed by atoms with Gasteiger partial charge in [0.25, 0.3) is 0 Å². The van der Waals surface area contributed by atoms with E-state index in [9.17, 15) is 4.39 Å². The van der Waals surface area contributed by atoms with Crippen LogP contribution in [-0.4, -0.2) is 34.3 Å². The summed E-state index contributed by atoms with van der Waals surface area (Å²) in [7, 11) is 1.70. The van der Waals surface area contributed by atoms with E-state index in [2.05, 4.69) is 41.8 Å². The first-order valence-electron chi connectivity index (χ1n) is 7.39. The molecule has 1 aromatic heterocycles. The molecule has 0 bridgehead atoms. The fraction of sp³-hybridized carbons (Fsp3) is 0.400. The molecule has 24 heavy (non-hydrogen) atoms. The number of aryl methyl sites for hydroxylation is 1. The van der Waals surface area contributed by atoms with Crippen molar-refractivity contribution in [2.45, 2.75) is 26.4 Å². The number of nitrogens with zero attached hydrogens (tertiary/aromatic N) is 4. The van der Waals surface area contributed by atoms with Crippen LogP contribution >= 0.6 is 39.9 Å². The van der Waals surface area contributed by atoms with Gasteiger partial charge in [0.1, 0.15) is 18.0 Å². The number of aromatic nitrogens is 3. The molecule has 0 unspecified atom stereocenters. The third-order valence-electron chi connectivity index (χ3n) is 3.33. The molecule has 1 aromatic carbocycles. The number of hydrogen-bond donors (Lipinski definition) is 2. The van der Waals surface area contributed by atoms with Gasteiger partial charge in [0.05, 0.1) is 0 Å². The highest BCUT2D eigenvalue weighted by Gasteiger charge is 2.05. The van der Waals surface area contributed by atoms with Gasteiger partial charge >= 0.3 is 0 Å². The Morgan fingerprint density at radius 2 is 2.17 bits per heavy atom. The molecule has 132 valence electrons. The fourth-order valence-electron chi connectivity index (χ4n) is 2.11. The van der Waals surface area contributed by atoms with Crippen molar-refractivity contribution in [3.63, 3.8) is 0 Å². The first kappa shape index (κ1) is 20.8. The van der Waals surface area contributed by atoms with Crippen molar-refractivity contribution in [1.29, 1.82) is 0 Å². The van der Waals surface area contributed by atoms with E-state index >= 15 is 0 Å². The van der Waals surface area contributed by atoms with Crippen molar-refractivity contribution in [1.82, 2.24) is 25.4 Å². The standard InChI is InChI=1S/C15H20BrFN6.HI/c1-3-14-22-21-10-23(14)7-6-19-15(18-2)20-9-11-8-12(17)4-5-13(11)16;/h4-5,8,10H,3,6-7,9H2,1-2H3,(H2,18,19,20);1H. The Bertz CT molecular complexity index is 676. The molecule has 2 aromatic rings. The first-order valence-corrected chi connectivity index (χ1v) is 8.18. The predicted octanol–water partition coefficient (Wildman–Crippen LogP) is 2.73. The Kier molecular flexibility index (Phi) is 9.19. The monoisotopic (exact) mass is 510 g/mol. The van der Waals surface area contributed by atoms with Gasteiger partial charge in [-0.15, -0.1) is 34.2 Å². The number of aliphatic imine (C=N–C) groups is 1. The van der Waals surface area contributed by atoms with Crippen LogP contribution < -0.4 is 10.6 Å². The summed E-state index contributed by atoms with van der Waals surface area (Å²) in [6.45, 7) is 3.96. The maximum absolute atomic E-state index is 13.3. The molecule has 0 amide bonds. The maximum Gasteiger partial charge on any atom is 0.191 e. The summed E-state index contributed by atoms with van der Waals surface area (Å²) < 4.78 is 16.1. The average molecular weight is 511 g/mol. The largest absolute Gasteiger partial charge is 0.355 e. The molecule has 2 N–H and O–H groups in total. The van der Waals surface area contributed by atoms with E-state index in [0.29, 0.717) is 19.0 Å². The Hall–Kier alpha value is -1.23. The van der Waals surface area contributed by atoms with Crippen LogP contribution in [0.1, 0.15) is 18.3 Å². The zero-order valence-corrected chi connectivity index (χ0v) is 17.5. The predicted molar refractivity (Wildman–Crippen MR) is 107 cm³/mol. The molecule has 0 saturated carbocycles. The Morgan fingerprint density at radius 1 is 1.38 bits per heavy atom. The number of halogens is 3. The molecule has 0 atom stereocenters. The molecular formula is C15H21BrFIN6. The minimum Gasteiger partial charge on any atom is -0.355 e. The minimum atomic E-state index is -0.257. The molecule has 0 aliphatic rings. The third-order valence-corrected chi connectivity index (χ3v) is 4.11. The van der Waals surface area contributed by atoms with Crippen LogP contribution in [-0.2, 0) is 19.5 Å². The smallest absolute Gasteiger partial charge is 0.191 e. The van der Waals surface area contributed by atoms with Gasteiger partial charge < -0.3 is 15.2 Å².